The number of carbonyl (C=O) groups excluding carboxylic acids is 1. The zero-order valence-electron chi connectivity index (χ0n) is 21.6. The number of aromatic amines is 2. The van der Waals surface area contributed by atoms with E-state index in [1.165, 1.54) is 19.3 Å². The molecule has 0 radical (unpaired) electrons. The maximum atomic E-state index is 12.1. The third-order valence-corrected chi connectivity index (χ3v) is 7.17. The van der Waals surface area contributed by atoms with Gasteiger partial charge >= 0.3 is 0 Å². The lowest BCUT2D eigenvalue weighted by molar-refractivity contribution is -0.116. The molecule has 4 heterocycles. The fourth-order valence-corrected chi connectivity index (χ4v) is 5.27. The Labute approximate surface area is 221 Å². The summed E-state index contributed by atoms with van der Waals surface area (Å²) in [6.45, 7) is 4.04. The number of hydrogen-bond acceptors (Lipinski definition) is 6. The van der Waals surface area contributed by atoms with Crippen molar-refractivity contribution in [3.63, 3.8) is 0 Å². The van der Waals surface area contributed by atoms with Gasteiger partial charge in [-0.05, 0) is 61.6 Å². The summed E-state index contributed by atoms with van der Waals surface area (Å²) in [6, 6.07) is 8.07. The molecule has 0 spiro atoms. The van der Waals surface area contributed by atoms with Gasteiger partial charge in [0.1, 0.15) is 11.4 Å². The smallest absolute Gasteiger partial charge is 0.224 e. The molecule has 2 aliphatic rings. The number of amides is 1. The lowest BCUT2D eigenvalue weighted by Gasteiger charge is -2.30. The highest BCUT2D eigenvalue weighted by atomic mass is 16.1. The van der Waals surface area contributed by atoms with Crippen LogP contribution in [0.2, 0.25) is 0 Å². The summed E-state index contributed by atoms with van der Waals surface area (Å²) in [4.78, 5) is 27.4. The van der Waals surface area contributed by atoms with Crippen LogP contribution in [0.5, 0.6) is 0 Å². The van der Waals surface area contributed by atoms with Crippen LogP contribution in [0.15, 0.2) is 54.5 Å². The number of carbonyl (C=O) groups is 1. The van der Waals surface area contributed by atoms with E-state index in [4.69, 9.17) is 10.7 Å². The summed E-state index contributed by atoms with van der Waals surface area (Å²) in [6.07, 6.45) is 13.1. The number of nitrogens with zero attached hydrogens (tertiary/aromatic N) is 4. The monoisotopic (exact) mass is 508 g/mol. The van der Waals surface area contributed by atoms with Crippen molar-refractivity contribution in [2.75, 3.05) is 18.4 Å². The van der Waals surface area contributed by atoms with Gasteiger partial charge in [-0.15, -0.1) is 0 Å². The Morgan fingerprint density at radius 1 is 1.08 bits per heavy atom. The molecule has 5 N–H and O–H groups in total. The van der Waals surface area contributed by atoms with Crippen molar-refractivity contribution in [2.24, 2.45) is 5.73 Å². The van der Waals surface area contributed by atoms with Crippen LogP contribution in [-0.4, -0.2) is 49.0 Å². The molecule has 6 rings (SSSR count). The minimum atomic E-state index is -0.00920. The molecular formula is C29H32N8O. The van der Waals surface area contributed by atoms with Gasteiger partial charge in [-0.2, -0.15) is 5.10 Å². The highest BCUT2D eigenvalue weighted by Gasteiger charge is 2.24. The molecule has 0 bridgehead atoms. The zero-order chi connectivity index (χ0) is 26.1. The van der Waals surface area contributed by atoms with Gasteiger partial charge in [0.05, 0.1) is 28.8 Å². The van der Waals surface area contributed by atoms with E-state index in [9.17, 15) is 4.79 Å². The molecule has 9 heteroatoms. The molecule has 0 atom stereocenters. The van der Waals surface area contributed by atoms with Crippen molar-refractivity contribution in [1.82, 2.24) is 30.0 Å². The number of nitrogens with one attached hydrogen (secondary N) is 3. The molecule has 194 valence electrons. The lowest BCUT2D eigenvalue weighted by atomic mass is 10.0. The van der Waals surface area contributed by atoms with Crippen LogP contribution in [0.1, 0.15) is 50.4 Å². The van der Waals surface area contributed by atoms with Crippen molar-refractivity contribution in [3.8, 4) is 22.6 Å². The third kappa shape index (κ3) is 4.67. The molecule has 38 heavy (non-hydrogen) atoms. The van der Waals surface area contributed by atoms with E-state index in [1.54, 1.807) is 12.4 Å². The normalized spacial score (nSPS) is 15.6. The Kier molecular flexibility index (Phi) is 6.41. The fourth-order valence-electron chi connectivity index (χ4n) is 5.27. The van der Waals surface area contributed by atoms with Gasteiger partial charge in [0.2, 0.25) is 5.91 Å². The number of hydrogen-bond donors (Lipinski definition) is 4. The van der Waals surface area contributed by atoms with Gasteiger partial charge in [-0.1, -0.05) is 13.0 Å². The molecule has 1 saturated heterocycles. The van der Waals surface area contributed by atoms with E-state index < -0.39 is 0 Å². The summed E-state index contributed by atoms with van der Waals surface area (Å²) < 4.78 is 0. The molecule has 1 amide bonds. The Bertz CT molecular complexity index is 1550. The molecular weight excluding hydrogens is 476 g/mol. The van der Waals surface area contributed by atoms with Crippen LogP contribution >= 0.6 is 0 Å². The first-order chi connectivity index (χ1) is 18.6. The number of imidazole rings is 1. The number of likely N-dealkylation sites (tertiary alicyclic amines) is 1. The van der Waals surface area contributed by atoms with E-state index in [0.717, 1.165) is 75.8 Å². The van der Waals surface area contributed by atoms with Gasteiger partial charge in [-0.3, -0.25) is 14.9 Å². The number of piperidine rings is 1. The fraction of sp³-hybridized carbons (Fsp3) is 0.310. The van der Waals surface area contributed by atoms with Crippen LogP contribution in [0.3, 0.4) is 0 Å². The molecule has 4 aromatic rings. The molecule has 1 aliphatic carbocycles. The summed E-state index contributed by atoms with van der Waals surface area (Å²) in [7, 11) is 0. The summed E-state index contributed by atoms with van der Waals surface area (Å²) >= 11 is 0. The van der Waals surface area contributed by atoms with E-state index in [2.05, 4.69) is 42.5 Å². The lowest BCUT2D eigenvalue weighted by Crippen LogP contribution is -2.28. The van der Waals surface area contributed by atoms with E-state index >= 15 is 0 Å². The quantitative estimate of drug-likeness (QED) is 0.291. The second-order valence-corrected chi connectivity index (χ2v) is 10.0. The minimum absolute atomic E-state index is 0.00920. The number of pyridine rings is 1. The predicted molar refractivity (Wildman–Crippen MR) is 150 cm³/mol. The number of aromatic nitrogens is 5. The maximum absolute atomic E-state index is 12.1. The van der Waals surface area contributed by atoms with E-state index in [1.807, 2.05) is 31.2 Å². The van der Waals surface area contributed by atoms with Crippen LogP contribution < -0.4 is 11.1 Å². The number of rotatable bonds is 6. The number of allylic oxidation sites excluding steroid dienone is 3. The van der Waals surface area contributed by atoms with E-state index in [-0.39, 0.29) is 5.91 Å². The molecule has 3 aromatic heterocycles. The van der Waals surface area contributed by atoms with E-state index in [0.29, 0.717) is 18.5 Å². The van der Waals surface area contributed by atoms with Crippen LogP contribution in [0.4, 0.5) is 5.69 Å². The topological polar surface area (TPSA) is 129 Å². The summed E-state index contributed by atoms with van der Waals surface area (Å²) in [5, 5.41) is 11.7. The Morgan fingerprint density at radius 3 is 2.79 bits per heavy atom. The van der Waals surface area contributed by atoms with Crippen LogP contribution in [-0.2, 0) is 11.2 Å². The average Bonchev–Trinajstić information content (AvgIpc) is 3.49. The third-order valence-electron chi connectivity index (χ3n) is 7.17. The summed E-state index contributed by atoms with van der Waals surface area (Å²) in [5.74, 6) is 0.708. The maximum Gasteiger partial charge on any atom is 0.224 e. The highest BCUT2D eigenvalue weighted by Crippen LogP contribution is 2.34. The first-order valence-electron chi connectivity index (χ1n) is 13.3. The van der Waals surface area contributed by atoms with Crippen molar-refractivity contribution in [2.45, 2.75) is 45.4 Å². The number of anilines is 1. The Morgan fingerprint density at radius 2 is 1.95 bits per heavy atom. The minimum Gasteiger partial charge on any atom is -0.402 e. The van der Waals surface area contributed by atoms with Crippen LogP contribution in [0, 0.1) is 0 Å². The second-order valence-electron chi connectivity index (χ2n) is 10.0. The molecule has 1 fully saturated rings. The first-order valence-corrected chi connectivity index (χ1v) is 13.3. The predicted octanol–water partition coefficient (Wildman–Crippen LogP) is 4.98. The molecule has 1 aliphatic heterocycles. The van der Waals surface area contributed by atoms with Crippen molar-refractivity contribution in [1.29, 1.82) is 0 Å². The molecule has 9 nitrogen and oxygen atoms in total. The van der Waals surface area contributed by atoms with Crippen molar-refractivity contribution >= 4 is 28.2 Å². The second kappa shape index (κ2) is 10.2. The van der Waals surface area contributed by atoms with Crippen LogP contribution in [0.25, 0.3) is 39.2 Å². The molecule has 1 aromatic carbocycles. The Balaban J connectivity index is 1.36. The highest BCUT2D eigenvalue weighted by molar-refractivity contribution is 5.95. The Hall–Kier alpha value is -4.40. The zero-order valence-corrected chi connectivity index (χ0v) is 21.6. The van der Waals surface area contributed by atoms with Gasteiger partial charge in [0, 0.05) is 48.8 Å². The summed E-state index contributed by atoms with van der Waals surface area (Å²) in [5.41, 5.74) is 14.4. The van der Waals surface area contributed by atoms with Crippen molar-refractivity contribution < 1.29 is 4.79 Å². The molecule has 0 unspecified atom stereocenters. The first kappa shape index (κ1) is 24.0. The largest absolute Gasteiger partial charge is 0.402 e. The standard InChI is InChI=1S/C29H32N8O/c1-2-6-26(38)32-21-13-19(16-31-17-21)18-7-9-23-22(14-18)27(36-35-23)29-33-24-15-20(30)8-10-25(28(24)34-29)37-11-4-3-5-12-37/h7-10,13-14,16-17H,2-6,11-12,15,30H2,1H3,(H,32,38)(H,33,34)(H,35,36). The van der Waals surface area contributed by atoms with Gasteiger partial charge in [0.25, 0.3) is 0 Å². The number of nitrogens with two attached hydrogens (primary N) is 1. The SMILES string of the molecule is CCCC(=O)Nc1cncc(-c2ccc3[nH]nc(-c4nc5c([nH]4)CC(N)=CC=C5N4CCCCC4)c3c2)c1. The number of fused-ring (bicyclic) bond motifs is 2. The van der Waals surface area contributed by atoms with Gasteiger partial charge < -0.3 is 20.9 Å². The van der Waals surface area contributed by atoms with Gasteiger partial charge in [-0.25, -0.2) is 4.98 Å². The number of benzene rings is 1. The number of H-pyrrole nitrogens is 2. The van der Waals surface area contributed by atoms with Crippen molar-refractivity contribution in [3.05, 3.63) is 65.9 Å². The average molecular weight is 509 g/mol. The van der Waals surface area contributed by atoms with Gasteiger partial charge in [0.15, 0.2) is 5.82 Å². The molecule has 0 saturated carbocycles.